The molecule has 31 heavy (non-hydrogen) atoms. The van der Waals surface area contributed by atoms with Gasteiger partial charge in [-0.15, -0.1) is 10.2 Å². The number of aromatic nitrogens is 3. The van der Waals surface area contributed by atoms with Gasteiger partial charge in [-0.05, 0) is 42.8 Å². The molecule has 0 bridgehead atoms. The number of carbonyl (C=O) groups is 1. The second kappa shape index (κ2) is 9.82. The molecule has 1 aliphatic heterocycles. The molecular formula is C22H23FN4O3S. The summed E-state index contributed by atoms with van der Waals surface area (Å²) in [6, 6.07) is 11.8. The number of carbonyl (C=O) groups excluding carboxylic acids is 1. The van der Waals surface area contributed by atoms with Crippen molar-refractivity contribution in [1.29, 1.82) is 0 Å². The quantitative estimate of drug-likeness (QED) is 0.563. The molecule has 0 spiro atoms. The predicted octanol–water partition coefficient (Wildman–Crippen LogP) is 3.67. The minimum Gasteiger partial charge on any atom is -0.490 e. The Labute approximate surface area is 184 Å². The lowest BCUT2D eigenvalue weighted by Crippen LogP contribution is -2.24. The molecule has 4 rings (SSSR count). The second-order valence-electron chi connectivity index (χ2n) is 6.95. The number of benzene rings is 2. The molecule has 1 amide bonds. The van der Waals surface area contributed by atoms with Crippen LogP contribution in [0.4, 0.5) is 4.39 Å². The summed E-state index contributed by atoms with van der Waals surface area (Å²) in [4.78, 5) is 12.2. The fourth-order valence-corrected chi connectivity index (χ4v) is 4.01. The van der Waals surface area contributed by atoms with Crippen molar-refractivity contribution in [2.24, 2.45) is 0 Å². The normalized spacial score (nSPS) is 13.0. The number of rotatable bonds is 7. The summed E-state index contributed by atoms with van der Waals surface area (Å²) in [6.07, 6.45) is 0.846. The van der Waals surface area contributed by atoms with Gasteiger partial charge in [0, 0.05) is 25.1 Å². The topological polar surface area (TPSA) is 78.3 Å². The highest BCUT2D eigenvalue weighted by Crippen LogP contribution is 2.34. The summed E-state index contributed by atoms with van der Waals surface area (Å²) in [7, 11) is 0. The number of fused-ring (bicyclic) bond motifs is 1. The fraction of sp³-hybridized carbons (Fsp3) is 0.318. The van der Waals surface area contributed by atoms with Gasteiger partial charge in [-0.3, -0.25) is 4.79 Å². The maximum Gasteiger partial charge on any atom is 0.230 e. The summed E-state index contributed by atoms with van der Waals surface area (Å²) in [6.45, 7) is 4.28. The fourth-order valence-electron chi connectivity index (χ4n) is 3.18. The van der Waals surface area contributed by atoms with Gasteiger partial charge in [-0.25, -0.2) is 4.39 Å². The smallest absolute Gasteiger partial charge is 0.230 e. The average molecular weight is 443 g/mol. The molecule has 0 saturated heterocycles. The molecule has 3 aromatic rings. The van der Waals surface area contributed by atoms with Crippen LogP contribution in [0.25, 0.3) is 11.4 Å². The third-order valence-corrected chi connectivity index (χ3v) is 5.74. The molecular weight excluding hydrogens is 419 g/mol. The van der Waals surface area contributed by atoms with Crippen LogP contribution in [0, 0.1) is 5.82 Å². The lowest BCUT2D eigenvalue weighted by molar-refractivity contribution is -0.118. The number of amides is 1. The SMILES string of the molecule is CCn1c(SCC(=O)NCc2ccc(F)cc2)nnc1-c1ccc2c(c1)OCCCO2. The molecule has 1 aliphatic rings. The first kappa shape index (κ1) is 21.2. The number of halogens is 1. The highest BCUT2D eigenvalue weighted by Gasteiger charge is 2.17. The van der Waals surface area contributed by atoms with E-state index in [2.05, 4.69) is 15.5 Å². The maximum absolute atomic E-state index is 13.0. The Kier molecular flexibility index (Phi) is 6.71. The van der Waals surface area contributed by atoms with Crippen molar-refractivity contribution in [3.8, 4) is 22.9 Å². The van der Waals surface area contributed by atoms with E-state index in [9.17, 15) is 9.18 Å². The lowest BCUT2D eigenvalue weighted by atomic mass is 10.2. The first-order valence-corrected chi connectivity index (χ1v) is 11.1. The van der Waals surface area contributed by atoms with Gasteiger partial charge in [-0.2, -0.15) is 0 Å². The van der Waals surface area contributed by atoms with Crippen molar-refractivity contribution in [3.63, 3.8) is 0 Å². The van der Waals surface area contributed by atoms with Crippen molar-refractivity contribution in [3.05, 3.63) is 53.8 Å². The Morgan fingerprint density at radius 2 is 1.90 bits per heavy atom. The van der Waals surface area contributed by atoms with Gasteiger partial charge in [-0.1, -0.05) is 23.9 Å². The van der Waals surface area contributed by atoms with E-state index < -0.39 is 0 Å². The standard InChI is InChI=1S/C22H23FN4O3S/c1-2-27-21(16-6-9-18-19(12-16)30-11-3-10-29-18)25-26-22(27)31-14-20(28)24-13-15-4-7-17(23)8-5-15/h4-9,12H,2-3,10-11,13-14H2,1H3,(H,24,28). The summed E-state index contributed by atoms with van der Waals surface area (Å²) in [5.74, 6) is 1.94. The van der Waals surface area contributed by atoms with Crippen LogP contribution in [-0.4, -0.2) is 39.6 Å². The first-order chi connectivity index (χ1) is 15.1. The maximum atomic E-state index is 13.0. The number of thioether (sulfide) groups is 1. The number of nitrogens with zero attached hydrogens (tertiary/aromatic N) is 3. The third-order valence-electron chi connectivity index (χ3n) is 4.77. The van der Waals surface area contributed by atoms with E-state index in [1.165, 1.54) is 23.9 Å². The Balaban J connectivity index is 1.40. The van der Waals surface area contributed by atoms with E-state index in [1.54, 1.807) is 12.1 Å². The zero-order chi connectivity index (χ0) is 21.6. The second-order valence-corrected chi connectivity index (χ2v) is 7.90. The van der Waals surface area contributed by atoms with Gasteiger partial charge < -0.3 is 19.4 Å². The van der Waals surface area contributed by atoms with E-state index >= 15 is 0 Å². The van der Waals surface area contributed by atoms with Crippen molar-refractivity contribution in [2.75, 3.05) is 19.0 Å². The number of ether oxygens (including phenoxy) is 2. The zero-order valence-corrected chi connectivity index (χ0v) is 18.0. The molecule has 2 aromatic carbocycles. The monoisotopic (exact) mass is 442 g/mol. The van der Waals surface area contributed by atoms with Gasteiger partial charge >= 0.3 is 0 Å². The molecule has 0 saturated carbocycles. The minimum atomic E-state index is -0.297. The zero-order valence-electron chi connectivity index (χ0n) is 17.1. The van der Waals surface area contributed by atoms with Crippen LogP contribution in [0.2, 0.25) is 0 Å². The van der Waals surface area contributed by atoms with E-state index in [4.69, 9.17) is 9.47 Å². The molecule has 2 heterocycles. The van der Waals surface area contributed by atoms with Gasteiger partial charge in [0.1, 0.15) is 5.82 Å². The summed E-state index contributed by atoms with van der Waals surface area (Å²) in [5.41, 5.74) is 1.72. The Morgan fingerprint density at radius 3 is 2.68 bits per heavy atom. The van der Waals surface area contributed by atoms with Crippen LogP contribution in [0.3, 0.4) is 0 Å². The lowest BCUT2D eigenvalue weighted by Gasteiger charge is -2.11. The summed E-state index contributed by atoms with van der Waals surface area (Å²) < 4.78 is 26.4. The largest absolute Gasteiger partial charge is 0.490 e. The first-order valence-electron chi connectivity index (χ1n) is 10.1. The van der Waals surface area contributed by atoms with E-state index in [0.29, 0.717) is 43.0 Å². The molecule has 9 heteroatoms. The molecule has 162 valence electrons. The molecule has 1 aromatic heterocycles. The highest BCUT2D eigenvalue weighted by atomic mass is 32.2. The van der Waals surface area contributed by atoms with Crippen molar-refractivity contribution >= 4 is 17.7 Å². The average Bonchev–Trinajstić information content (AvgIpc) is 3.05. The van der Waals surface area contributed by atoms with Crippen LogP contribution in [0.1, 0.15) is 18.9 Å². The molecule has 0 fully saturated rings. The number of hydrogen-bond acceptors (Lipinski definition) is 6. The predicted molar refractivity (Wildman–Crippen MR) is 116 cm³/mol. The van der Waals surface area contributed by atoms with Crippen molar-refractivity contribution in [2.45, 2.75) is 31.6 Å². The molecule has 7 nitrogen and oxygen atoms in total. The molecule has 0 aliphatic carbocycles. The number of hydrogen-bond donors (Lipinski definition) is 1. The van der Waals surface area contributed by atoms with Gasteiger partial charge in [0.2, 0.25) is 5.91 Å². The van der Waals surface area contributed by atoms with Gasteiger partial charge in [0.05, 0.1) is 19.0 Å². The molecule has 0 atom stereocenters. The minimum absolute atomic E-state index is 0.128. The Morgan fingerprint density at radius 1 is 1.13 bits per heavy atom. The Hall–Kier alpha value is -3.07. The van der Waals surface area contributed by atoms with Crippen LogP contribution in [0.5, 0.6) is 11.5 Å². The van der Waals surface area contributed by atoms with Crippen LogP contribution in [-0.2, 0) is 17.9 Å². The highest BCUT2D eigenvalue weighted by molar-refractivity contribution is 7.99. The van der Waals surface area contributed by atoms with Gasteiger partial charge in [0.15, 0.2) is 22.5 Å². The van der Waals surface area contributed by atoms with E-state index in [-0.39, 0.29) is 17.5 Å². The summed E-state index contributed by atoms with van der Waals surface area (Å²) in [5, 5.41) is 12.1. The van der Waals surface area contributed by atoms with E-state index in [1.807, 2.05) is 29.7 Å². The van der Waals surface area contributed by atoms with Crippen LogP contribution in [0.15, 0.2) is 47.6 Å². The molecule has 0 radical (unpaired) electrons. The molecule has 1 N–H and O–H groups in total. The Bertz CT molecular complexity index is 1060. The van der Waals surface area contributed by atoms with Gasteiger partial charge in [0.25, 0.3) is 0 Å². The third kappa shape index (κ3) is 5.16. The molecule has 0 unspecified atom stereocenters. The number of nitrogens with one attached hydrogen (secondary N) is 1. The van der Waals surface area contributed by atoms with Crippen molar-refractivity contribution < 1.29 is 18.7 Å². The summed E-state index contributed by atoms with van der Waals surface area (Å²) >= 11 is 1.33. The van der Waals surface area contributed by atoms with E-state index in [0.717, 1.165) is 23.3 Å². The van der Waals surface area contributed by atoms with Crippen LogP contribution < -0.4 is 14.8 Å². The van der Waals surface area contributed by atoms with Crippen LogP contribution >= 0.6 is 11.8 Å². The van der Waals surface area contributed by atoms with Crippen molar-refractivity contribution in [1.82, 2.24) is 20.1 Å².